The molecule has 0 unspecified atom stereocenters. The molecule has 2 fully saturated rings. The summed E-state index contributed by atoms with van der Waals surface area (Å²) in [6, 6.07) is 0.810. The van der Waals surface area contributed by atoms with Crippen molar-refractivity contribution in [2.75, 3.05) is 45.8 Å². The molecule has 2 heterocycles. The molecule has 2 aliphatic heterocycles. The second-order valence-corrected chi connectivity index (χ2v) is 5.26. The van der Waals surface area contributed by atoms with Crippen LogP contribution in [0.5, 0.6) is 0 Å². The van der Waals surface area contributed by atoms with Gasteiger partial charge in [0.25, 0.3) is 0 Å². The summed E-state index contributed by atoms with van der Waals surface area (Å²) in [5.74, 6) is 0. The normalized spacial score (nSPS) is 26.1. The van der Waals surface area contributed by atoms with E-state index in [0.717, 1.165) is 17.1 Å². The highest BCUT2D eigenvalue weighted by molar-refractivity contribution is 9.11. The van der Waals surface area contributed by atoms with Gasteiger partial charge in [0.2, 0.25) is 0 Å². The van der Waals surface area contributed by atoms with Gasteiger partial charge in [0.05, 0.1) is 0 Å². The molecular formula is C10H18BrN3. The summed E-state index contributed by atoms with van der Waals surface area (Å²) in [6.07, 6.45) is 0. The van der Waals surface area contributed by atoms with E-state index >= 15 is 0 Å². The number of nitrogens with one attached hydrogen (secondary N) is 1. The molecule has 80 valence electrons. The number of piperazine rings is 1. The monoisotopic (exact) mass is 259 g/mol. The Balaban J connectivity index is 1.71. The van der Waals surface area contributed by atoms with E-state index in [1.807, 2.05) is 0 Å². The fraction of sp³-hybridized carbons (Fsp3) is 0.800. The summed E-state index contributed by atoms with van der Waals surface area (Å²) in [5.41, 5.74) is 0. The SMILES string of the molecule is C=C(Br)CN1CCN(C2CNC2)CC1. The van der Waals surface area contributed by atoms with Crippen LogP contribution < -0.4 is 5.32 Å². The minimum absolute atomic E-state index is 0.810. The van der Waals surface area contributed by atoms with Gasteiger partial charge in [0, 0.05) is 56.3 Å². The van der Waals surface area contributed by atoms with Crippen molar-refractivity contribution in [1.82, 2.24) is 15.1 Å². The van der Waals surface area contributed by atoms with Gasteiger partial charge in [-0.15, -0.1) is 0 Å². The van der Waals surface area contributed by atoms with Gasteiger partial charge in [0.15, 0.2) is 0 Å². The van der Waals surface area contributed by atoms with Crippen LogP contribution in [-0.2, 0) is 0 Å². The zero-order valence-electron chi connectivity index (χ0n) is 8.51. The third-order valence-corrected chi connectivity index (χ3v) is 3.33. The lowest BCUT2D eigenvalue weighted by Crippen LogP contribution is -2.61. The van der Waals surface area contributed by atoms with Crippen LogP contribution in [0.3, 0.4) is 0 Å². The highest BCUT2D eigenvalue weighted by Gasteiger charge is 2.27. The summed E-state index contributed by atoms with van der Waals surface area (Å²) >= 11 is 3.42. The number of hydrogen-bond acceptors (Lipinski definition) is 3. The van der Waals surface area contributed by atoms with Gasteiger partial charge in [-0.2, -0.15) is 0 Å². The fourth-order valence-electron chi connectivity index (χ4n) is 2.06. The molecule has 0 saturated carbocycles. The molecule has 0 aromatic carbocycles. The molecule has 0 bridgehead atoms. The van der Waals surface area contributed by atoms with Gasteiger partial charge >= 0.3 is 0 Å². The molecule has 4 heteroatoms. The Morgan fingerprint density at radius 2 is 1.93 bits per heavy atom. The van der Waals surface area contributed by atoms with Gasteiger partial charge in [-0.3, -0.25) is 9.80 Å². The second kappa shape index (κ2) is 4.75. The number of nitrogens with zero attached hydrogens (tertiary/aromatic N) is 2. The number of halogens is 1. The summed E-state index contributed by atoms with van der Waals surface area (Å²) in [6.45, 7) is 12.0. The minimum atomic E-state index is 0.810. The van der Waals surface area contributed by atoms with Crippen LogP contribution in [-0.4, -0.2) is 61.7 Å². The predicted molar refractivity (Wildman–Crippen MR) is 62.7 cm³/mol. The van der Waals surface area contributed by atoms with Crippen molar-refractivity contribution < 1.29 is 0 Å². The first-order valence-corrected chi connectivity index (χ1v) is 6.05. The molecule has 2 aliphatic rings. The van der Waals surface area contributed by atoms with E-state index in [-0.39, 0.29) is 0 Å². The third kappa shape index (κ3) is 2.57. The van der Waals surface area contributed by atoms with Crippen LogP contribution in [0.4, 0.5) is 0 Å². The Kier molecular flexibility index (Phi) is 3.60. The maximum absolute atomic E-state index is 3.88. The average molecular weight is 260 g/mol. The standard InChI is InChI=1S/C10H18BrN3/c1-9(11)8-13-2-4-14(5-3-13)10-6-12-7-10/h10,12H,1-8H2. The molecule has 0 atom stereocenters. The van der Waals surface area contributed by atoms with Crippen LogP contribution in [0.15, 0.2) is 11.1 Å². The Morgan fingerprint density at radius 1 is 1.29 bits per heavy atom. The number of rotatable bonds is 3. The molecule has 0 radical (unpaired) electrons. The molecule has 2 rings (SSSR count). The molecule has 0 aromatic rings. The van der Waals surface area contributed by atoms with Crippen LogP contribution in [0, 0.1) is 0 Å². The van der Waals surface area contributed by atoms with Gasteiger partial charge in [-0.25, -0.2) is 0 Å². The molecule has 3 nitrogen and oxygen atoms in total. The highest BCUT2D eigenvalue weighted by atomic mass is 79.9. The van der Waals surface area contributed by atoms with Crippen LogP contribution >= 0.6 is 15.9 Å². The van der Waals surface area contributed by atoms with Crippen molar-refractivity contribution in [3.8, 4) is 0 Å². The molecule has 0 amide bonds. The summed E-state index contributed by atoms with van der Waals surface area (Å²) in [7, 11) is 0. The molecule has 0 aromatic heterocycles. The van der Waals surface area contributed by atoms with Crippen molar-refractivity contribution in [2.24, 2.45) is 0 Å². The van der Waals surface area contributed by atoms with Gasteiger partial charge < -0.3 is 5.32 Å². The minimum Gasteiger partial charge on any atom is -0.314 e. The van der Waals surface area contributed by atoms with Crippen molar-refractivity contribution in [3.05, 3.63) is 11.1 Å². The average Bonchev–Trinajstić information content (AvgIpc) is 2.04. The third-order valence-electron chi connectivity index (χ3n) is 3.08. The topological polar surface area (TPSA) is 18.5 Å². The summed E-state index contributed by atoms with van der Waals surface area (Å²) < 4.78 is 1.09. The maximum Gasteiger partial charge on any atom is 0.0346 e. The summed E-state index contributed by atoms with van der Waals surface area (Å²) in [5, 5.41) is 3.33. The molecule has 1 N–H and O–H groups in total. The van der Waals surface area contributed by atoms with E-state index in [4.69, 9.17) is 0 Å². The Labute approximate surface area is 94.3 Å². The molecule has 0 spiro atoms. The molecule has 0 aliphatic carbocycles. The Hall–Kier alpha value is 0.1000. The van der Waals surface area contributed by atoms with E-state index in [0.29, 0.717) is 0 Å². The first-order valence-electron chi connectivity index (χ1n) is 5.26. The lowest BCUT2D eigenvalue weighted by Gasteiger charge is -2.43. The van der Waals surface area contributed by atoms with E-state index in [1.165, 1.54) is 39.3 Å². The van der Waals surface area contributed by atoms with Crippen molar-refractivity contribution in [1.29, 1.82) is 0 Å². The van der Waals surface area contributed by atoms with Crippen LogP contribution in [0.25, 0.3) is 0 Å². The maximum atomic E-state index is 3.88. The molecule has 14 heavy (non-hydrogen) atoms. The Morgan fingerprint density at radius 3 is 2.36 bits per heavy atom. The zero-order valence-corrected chi connectivity index (χ0v) is 10.1. The van der Waals surface area contributed by atoms with Crippen LogP contribution in [0.1, 0.15) is 0 Å². The molecular weight excluding hydrogens is 242 g/mol. The van der Waals surface area contributed by atoms with E-state index in [9.17, 15) is 0 Å². The van der Waals surface area contributed by atoms with Crippen LogP contribution in [0.2, 0.25) is 0 Å². The smallest absolute Gasteiger partial charge is 0.0346 e. The number of hydrogen-bond donors (Lipinski definition) is 1. The first-order chi connectivity index (χ1) is 6.75. The van der Waals surface area contributed by atoms with E-state index < -0.39 is 0 Å². The zero-order chi connectivity index (χ0) is 9.97. The van der Waals surface area contributed by atoms with Crippen molar-refractivity contribution in [2.45, 2.75) is 6.04 Å². The van der Waals surface area contributed by atoms with Gasteiger partial charge in [0.1, 0.15) is 0 Å². The second-order valence-electron chi connectivity index (χ2n) is 4.14. The molecule has 2 saturated heterocycles. The fourth-order valence-corrected chi connectivity index (χ4v) is 2.42. The van der Waals surface area contributed by atoms with Crippen molar-refractivity contribution in [3.63, 3.8) is 0 Å². The van der Waals surface area contributed by atoms with E-state index in [2.05, 4.69) is 37.6 Å². The predicted octanol–water partition coefficient (Wildman–Crippen LogP) is 0.484. The van der Waals surface area contributed by atoms with E-state index in [1.54, 1.807) is 0 Å². The lowest BCUT2D eigenvalue weighted by atomic mass is 10.1. The Bertz CT molecular complexity index is 207. The van der Waals surface area contributed by atoms with Crippen molar-refractivity contribution >= 4 is 15.9 Å². The van der Waals surface area contributed by atoms with Gasteiger partial charge in [-0.05, 0) is 0 Å². The quantitative estimate of drug-likeness (QED) is 0.796. The van der Waals surface area contributed by atoms with Gasteiger partial charge in [-0.1, -0.05) is 22.5 Å². The summed E-state index contributed by atoms with van der Waals surface area (Å²) in [4.78, 5) is 5.06. The largest absolute Gasteiger partial charge is 0.314 e. The first kappa shape index (κ1) is 10.6. The lowest BCUT2D eigenvalue weighted by molar-refractivity contribution is 0.0780. The highest BCUT2D eigenvalue weighted by Crippen LogP contribution is 2.11.